The molecule has 0 unspecified atom stereocenters. The van der Waals surface area contributed by atoms with Gasteiger partial charge in [-0.3, -0.25) is 0 Å². The van der Waals surface area contributed by atoms with Gasteiger partial charge in [-0.15, -0.1) is 0 Å². The SMILES string of the molecule is CN1/C(=C/[P@@](=Nc2ccc(Br)cc2)(Oc2cccc3ccccc23)c2ccccc2)C(C)(C)c2ccccc21. The quantitative estimate of drug-likeness (QED) is 0.190. The first-order valence-corrected chi connectivity index (χ1v) is 15.6. The number of rotatable bonds is 5. The molecule has 1 aliphatic rings. The fourth-order valence-corrected chi connectivity index (χ4v) is 8.55. The van der Waals surface area contributed by atoms with E-state index < -0.39 is 7.28 Å². The molecule has 0 spiro atoms. The van der Waals surface area contributed by atoms with Crippen LogP contribution in [0.5, 0.6) is 5.75 Å². The van der Waals surface area contributed by atoms with E-state index in [1.165, 1.54) is 16.9 Å². The van der Waals surface area contributed by atoms with Gasteiger partial charge in [0.2, 0.25) is 0 Å². The highest BCUT2D eigenvalue weighted by molar-refractivity contribution is 9.10. The summed E-state index contributed by atoms with van der Waals surface area (Å²) >= 11 is 3.58. The Labute approximate surface area is 239 Å². The van der Waals surface area contributed by atoms with Crippen molar-refractivity contribution in [3.8, 4) is 5.75 Å². The lowest BCUT2D eigenvalue weighted by atomic mass is 9.84. The predicted octanol–water partition coefficient (Wildman–Crippen LogP) is 10.0. The highest BCUT2D eigenvalue weighted by Crippen LogP contribution is 2.59. The van der Waals surface area contributed by atoms with Crippen molar-refractivity contribution in [1.29, 1.82) is 0 Å². The van der Waals surface area contributed by atoms with Crippen LogP contribution in [0.2, 0.25) is 0 Å². The topological polar surface area (TPSA) is 24.8 Å². The van der Waals surface area contributed by atoms with Crippen molar-refractivity contribution >= 4 is 50.7 Å². The highest BCUT2D eigenvalue weighted by atomic mass is 79.9. The molecule has 5 aromatic carbocycles. The molecular formula is C34H30BrN2OP. The van der Waals surface area contributed by atoms with E-state index in [2.05, 4.69) is 139 Å². The number of benzene rings is 5. The Hall–Kier alpha value is -3.59. The van der Waals surface area contributed by atoms with Crippen LogP contribution in [0.4, 0.5) is 11.4 Å². The van der Waals surface area contributed by atoms with Crippen LogP contribution in [0.15, 0.2) is 142 Å². The summed E-state index contributed by atoms with van der Waals surface area (Å²) in [5, 5.41) is 3.28. The van der Waals surface area contributed by atoms with E-state index >= 15 is 0 Å². The molecule has 1 aliphatic heterocycles. The maximum atomic E-state index is 7.27. The molecule has 1 heterocycles. The number of anilines is 1. The van der Waals surface area contributed by atoms with Gasteiger partial charge in [-0.25, -0.2) is 4.74 Å². The van der Waals surface area contributed by atoms with Gasteiger partial charge in [0.15, 0.2) is 7.28 Å². The zero-order valence-electron chi connectivity index (χ0n) is 22.3. The van der Waals surface area contributed by atoms with E-state index in [0.29, 0.717) is 0 Å². The van der Waals surface area contributed by atoms with E-state index in [1.54, 1.807) is 0 Å². The lowest BCUT2D eigenvalue weighted by Crippen LogP contribution is -2.24. The molecule has 0 fully saturated rings. The molecular weight excluding hydrogens is 563 g/mol. The first-order chi connectivity index (χ1) is 18.9. The van der Waals surface area contributed by atoms with Gasteiger partial charge in [0, 0.05) is 44.8 Å². The smallest absolute Gasteiger partial charge is 0.191 e. The summed E-state index contributed by atoms with van der Waals surface area (Å²) in [6.07, 6.45) is 0. The molecule has 0 amide bonds. The number of nitrogens with zero attached hydrogens (tertiary/aromatic N) is 2. The van der Waals surface area contributed by atoms with Crippen LogP contribution in [0, 0.1) is 0 Å². The van der Waals surface area contributed by atoms with Crippen LogP contribution >= 0.6 is 23.2 Å². The molecule has 0 radical (unpaired) electrons. The summed E-state index contributed by atoms with van der Waals surface area (Å²) in [5.74, 6) is 3.16. The van der Waals surface area contributed by atoms with Crippen molar-refractivity contribution in [1.82, 2.24) is 0 Å². The largest absolute Gasteiger partial charge is 0.452 e. The Bertz CT molecular complexity index is 1740. The molecule has 3 nitrogen and oxygen atoms in total. The van der Waals surface area contributed by atoms with Crippen LogP contribution in [-0.2, 0) is 5.41 Å². The molecule has 0 aromatic heterocycles. The summed E-state index contributed by atoms with van der Waals surface area (Å²) in [5.41, 5.74) is 4.36. The van der Waals surface area contributed by atoms with E-state index in [4.69, 9.17) is 9.27 Å². The van der Waals surface area contributed by atoms with Gasteiger partial charge in [0.25, 0.3) is 0 Å². The predicted molar refractivity (Wildman–Crippen MR) is 170 cm³/mol. The summed E-state index contributed by atoms with van der Waals surface area (Å²) in [7, 11) is -0.651. The van der Waals surface area contributed by atoms with Crippen molar-refractivity contribution in [3.05, 3.63) is 143 Å². The fraction of sp³-hybridized carbons (Fsp3) is 0.118. The Kier molecular flexibility index (Phi) is 6.71. The number of para-hydroxylation sites is 1. The van der Waals surface area contributed by atoms with Crippen molar-refractivity contribution in [2.75, 3.05) is 11.9 Å². The van der Waals surface area contributed by atoms with Crippen molar-refractivity contribution < 1.29 is 4.52 Å². The zero-order chi connectivity index (χ0) is 27.0. The maximum absolute atomic E-state index is 7.27. The first kappa shape index (κ1) is 25.7. The third kappa shape index (κ3) is 4.73. The van der Waals surface area contributed by atoms with Gasteiger partial charge in [-0.2, -0.15) is 0 Å². The maximum Gasteiger partial charge on any atom is 0.191 e. The van der Waals surface area contributed by atoms with Crippen molar-refractivity contribution in [3.63, 3.8) is 0 Å². The van der Waals surface area contributed by atoms with E-state index in [-0.39, 0.29) is 5.41 Å². The molecule has 5 heteroatoms. The van der Waals surface area contributed by atoms with Crippen LogP contribution in [0.25, 0.3) is 10.8 Å². The van der Waals surface area contributed by atoms with Crippen LogP contribution in [-0.4, -0.2) is 7.05 Å². The average Bonchev–Trinajstić information content (AvgIpc) is 3.15. The standard InChI is InChI=1S/C34H30BrN2OP/c1-34(2)30-17-9-10-18-31(30)37(3)33(34)24-39(28-14-5-4-6-15-28,36-27-22-20-26(35)21-23-27)38-32-19-11-13-25-12-7-8-16-29(25)32/h4-24H,1-3H3/b33-24+/t39-/m1/s1. The fourth-order valence-electron chi connectivity index (χ4n) is 5.40. The molecule has 0 aliphatic carbocycles. The summed E-state index contributed by atoms with van der Waals surface area (Å²) < 4.78 is 13.8. The molecule has 0 saturated carbocycles. The Balaban J connectivity index is 1.66. The van der Waals surface area contributed by atoms with Gasteiger partial charge in [0.05, 0.1) is 5.69 Å². The average molecular weight is 594 g/mol. The number of likely N-dealkylation sites (N-methyl/N-ethyl adjacent to an activating group) is 1. The van der Waals surface area contributed by atoms with Gasteiger partial charge < -0.3 is 9.42 Å². The first-order valence-electron chi connectivity index (χ1n) is 13.0. The lowest BCUT2D eigenvalue weighted by molar-refractivity contribution is 0.619. The van der Waals surface area contributed by atoms with Crippen molar-refractivity contribution in [2.45, 2.75) is 19.3 Å². The normalized spacial score (nSPS) is 16.6. The summed E-state index contributed by atoms with van der Waals surface area (Å²) in [4.78, 5) is 2.30. The Morgan fingerprint density at radius 1 is 0.769 bits per heavy atom. The third-order valence-electron chi connectivity index (χ3n) is 7.44. The van der Waals surface area contributed by atoms with Crippen LogP contribution < -0.4 is 14.7 Å². The second-order valence-corrected chi connectivity index (χ2v) is 13.6. The minimum atomic E-state index is -2.80. The molecule has 1 atom stereocenters. The molecule has 5 aromatic rings. The van der Waals surface area contributed by atoms with Crippen LogP contribution in [0.3, 0.4) is 0 Å². The monoisotopic (exact) mass is 592 g/mol. The number of fused-ring (bicyclic) bond motifs is 2. The summed E-state index contributed by atoms with van der Waals surface area (Å²) in [6.45, 7) is 4.58. The Morgan fingerprint density at radius 3 is 2.21 bits per heavy atom. The van der Waals surface area contributed by atoms with Gasteiger partial charge >= 0.3 is 0 Å². The van der Waals surface area contributed by atoms with E-state index in [0.717, 1.165) is 32.0 Å². The number of hydrogen-bond acceptors (Lipinski definition) is 3. The Morgan fingerprint density at radius 2 is 1.44 bits per heavy atom. The third-order valence-corrected chi connectivity index (χ3v) is 10.6. The molecule has 39 heavy (non-hydrogen) atoms. The molecule has 0 saturated heterocycles. The molecule has 194 valence electrons. The van der Waals surface area contributed by atoms with Gasteiger partial charge in [0.1, 0.15) is 5.75 Å². The van der Waals surface area contributed by atoms with Crippen molar-refractivity contribution in [2.24, 2.45) is 4.74 Å². The van der Waals surface area contributed by atoms with Gasteiger partial charge in [-0.05, 0) is 59.5 Å². The number of hydrogen-bond donors (Lipinski definition) is 0. The zero-order valence-corrected chi connectivity index (χ0v) is 24.7. The number of halogens is 1. The number of allylic oxidation sites excluding steroid dienone is 1. The summed E-state index contributed by atoms with van der Waals surface area (Å²) in [6, 6.07) is 41.9. The lowest BCUT2D eigenvalue weighted by Gasteiger charge is -2.30. The van der Waals surface area contributed by atoms with Gasteiger partial charge in [-0.1, -0.05) is 103 Å². The molecule has 0 bridgehead atoms. The minimum Gasteiger partial charge on any atom is -0.452 e. The van der Waals surface area contributed by atoms with E-state index in [1.807, 2.05) is 30.3 Å². The van der Waals surface area contributed by atoms with Crippen LogP contribution in [0.1, 0.15) is 19.4 Å². The highest BCUT2D eigenvalue weighted by Gasteiger charge is 2.40. The van der Waals surface area contributed by atoms with E-state index in [9.17, 15) is 0 Å². The molecule has 6 rings (SSSR count). The second-order valence-electron chi connectivity index (χ2n) is 10.3. The molecule has 0 N–H and O–H groups in total. The minimum absolute atomic E-state index is 0.220. The second kappa shape index (κ2) is 10.2.